The van der Waals surface area contributed by atoms with Crippen molar-refractivity contribution in [2.45, 2.75) is 18.8 Å². The highest BCUT2D eigenvalue weighted by atomic mass is 14.6. The minimum absolute atomic E-state index is 0.566. The van der Waals surface area contributed by atoms with Gasteiger partial charge in [-0.1, -0.05) is 30.3 Å². The summed E-state index contributed by atoms with van der Waals surface area (Å²) in [6, 6.07) is 8.68. The molecule has 0 heterocycles. The molecule has 1 aromatic rings. The standard InChI is InChI=1S/C13H13N/c14-13-7-3-6-11-10-5-2-1-4-9(10)8-12(11)13/h1-5,7,11H,6,8,14H2. The van der Waals surface area contributed by atoms with Crippen LogP contribution >= 0.6 is 0 Å². The average Bonchev–Trinajstić information content (AvgIpc) is 2.59. The van der Waals surface area contributed by atoms with Crippen molar-refractivity contribution in [3.63, 3.8) is 0 Å². The van der Waals surface area contributed by atoms with Crippen molar-refractivity contribution in [1.82, 2.24) is 0 Å². The second kappa shape index (κ2) is 2.74. The second-order valence-electron chi connectivity index (χ2n) is 4.05. The highest BCUT2D eigenvalue weighted by Crippen LogP contribution is 2.42. The molecule has 0 saturated heterocycles. The first-order valence-corrected chi connectivity index (χ1v) is 5.09. The van der Waals surface area contributed by atoms with Crippen molar-refractivity contribution in [2.24, 2.45) is 5.73 Å². The summed E-state index contributed by atoms with van der Waals surface area (Å²) in [4.78, 5) is 0. The maximum atomic E-state index is 5.99. The van der Waals surface area contributed by atoms with Crippen molar-refractivity contribution in [3.8, 4) is 0 Å². The fraction of sp³-hybridized carbons (Fsp3) is 0.231. The van der Waals surface area contributed by atoms with E-state index in [9.17, 15) is 0 Å². The lowest BCUT2D eigenvalue weighted by Crippen LogP contribution is -2.08. The molecule has 0 aromatic heterocycles. The van der Waals surface area contributed by atoms with Crippen LogP contribution in [0.2, 0.25) is 0 Å². The van der Waals surface area contributed by atoms with Crippen LogP contribution in [0.4, 0.5) is 0 Å². The Labute approximate surface area is 83.9 Å². The molecule has 1 atom stereocenters. The lowest BCUT2D eigenvalue weighted by Gasteiger charge is -2.16. The molecule has 2 N–H and O–H groups in total. The molecule has 1 heteroatoms. The van der Waals surface area contributed by atoms with Crippen LogP contribution in [0.5, 0.6) is 0 Å². The Morgan fingerprint density at radius 2 is 2.07 bits per heavy atom. The molecule has 0 saturated carbocycles. The number of rotatable bonds is 0. The third-order valence-electron chi connectivity index (χ3n) is 3.27. The van der Waals surface area contributed by atoms with E-state index in [4.69, 9.17) is 5.73 Å². The van der Waals surface area contributed by atoms with Crippen LogP contribution in [-0.2, 0) is 6.42 Å². The van der Waals surface area contributed by atoms with Crippen LogP contribution in [0.25, 0.3) is 0 Å². The van der Waals surface area contributed by atoms with E-state index in [1.54, 1.807) is 0 Å². The summed E-state index contributed by atoms with van der Waals surface area (Å²) in [6.07, 6.45) is 6.41. The van der Waals surface area contributed by atoms with E-state index in [2.05, 4.69) is 36.4 Å². The van der Waals surface area contributed by atoms with E-state index in [0.717, 1.165) is 18.5 Å². The van der Waals surface area contributed by atoms with E-state index in [1.807, 2.05) is 0 Å². The van der Waals surface area contributed by atoms with Crippen LogP contribution < -0.4 is 5.73 Å². The molecule has 70 valence electrons. The highest BCUT2D eigenvalue weighted by molar-refractivity contribution is 5.50. The summed E-state index contributed by atoms with van der Waals surface area (Å²) < 4.78 is 0. The maximum Gasteiger partial charge on any atom is 0.0312 e. The van der Waals surface area contributed by atoms with Crippen molar-refractivity contribution in [3.05, 3.63) is 58.8 Å². The van der Waals surface area contributed by atoms with Gasteiger partial charge in [-0.15, -0.1) is 0 Å². The molecular weight excluding hydrogens is 170 g/mol. The SMILES string of the molecule is NC1=C2Cc3ccccc3C2CC=C1. The zero-order valence-electron chi connectivity index (χ0n) is 8.03. The molecule has 3 rings (SSSR count). The van der Waals surface area contributed by atoms with Gasteiger partial charge in [0.15, 0.2) is 0 Å². The van der Waals surface area contributed by atoms with Gasteiger partial charge in [0.25, 0.3) is 0 Å². The first kappa shape index (κ1) is 7.86. The monoisotopic (exact) mass is 183 g/mol. The van der Waals surface area contributed by atoms with Crippen molar-refractivity contribution in [1.29, 1.82) is 0 Å². The summed E-state index contributed by atoms with van der Waals surface area (Å²) in [5, 5.41) is 0. The minimum Gasteiger partial charge on any atom is -0.399 e. The molecular formula is C13H13N. The van der Waals surface area contributed by atoms with Gasteiger partial charge in [-0.05, 0) is 35.6 Å². The van der Waals surface area contributed by atoms with Crippen molar-refractivity contribution >= 4 is 0 Å². The summed E-state index contributed by atoms with van der Waals surface area (Å²) in [5.74, 6) is 0.566. The van der Waals surface area contributed by atoms with Gasteiger partial charge in [-0.3, -0.25) is 0 Å². The molecule has 0 bridgehead atoms. The molecule has 0 spiro atoms. The molecule has 0 fully saturated rings. The zero-order valence-corrected chi connectivity index (χ0v) is 8.03. The number of hydrogen-bond acceptors (Lipinski definition) is 1. The topological polar surface area (TPSA) is 26.0 Å². The summed E-state index contributed by atoms with van der Waals surface area (Å²) in [7, 11) is 0. The maximum absolute atomic E-state index is 5.99. The van der Waals surface area contributed by atoms with Gasteiger partial charge in [0, 0.05) is 11.6 Å². The van der Waals surface area contributed by atoms with Gasteiger partial charge in [0.05, 0.1) is 0 Å². The van der Waals surface area contributed by atoms with E-state index in [0.29, 0.717) is 5.92 Å². The normalized spacial score (nSPS) is 23.6. The zero-order chi connectivity index (χ0) is 9.54. The number of nitrogens with two attached hydrogens (primary N) is 1. The van der Waals surface area contributed by atoms with Gasteiger partial charge in [-0.25, -0.2) is 0 Å². The molecule has 2 aliphatic carbocycles. The van der Waals surface area contributed by atoms with E-state index >= 15 is 0 Å². The molecule has 0 radical (unpaired) electrons. The van der Waals surface area contributed by atoms with Gasteiger partial charge in [0.2, 0.25) is 0 Å². The average molecular weight is 183 g/mol. The van der Waals surface area contributed by atoms with Crippen molar-refractivity contribution < 1.29 is 0 Å². The third-order valence-corrected chi connectivity index (χ3v) is 3.27. The Morgan fingerprint density at radius 1 is 1.21 bits per heavy atom. The number of fused-ring (bicyclic) bond motifs is 3. The van der Waals surface area contributed by atoms with Crippen LogP contribution in [-0.4, -0.2) is 0 Å². The Hall–Kier alpha value is -1.50. The van der Waals surface area contributed by atoms with E-state index in [1.165, 1.54) is 16.7 Å². The number of allylic oxidation sites excluding steroid dienone is 3. The van der Waals surface area contributed by atoms with Gasteiger partial charge < -0.3 is 5.73 Å². The molecule has 1 unspecified atom stereocenters. The quantitative estimate of drug-likeness (QED) is 0.657. The molecule has 14 heavy (non-hydrogen) atoms. The van der Waals surface area contributed by atoms with Crippen LogP contribution in [0.3, 0.4) is 0 Å². The van der Waals surface area contributed by atoms with Gasteiger partial charge in [0.1, 0.15) is 0 Å². The van der Waals surface area contributed by atoms with Crippen LogP contribution in [0.1, 0.15) is 23.5 Å². The predicted molar refractivity (Wildman–Crippen MR) is 57.9 cm³/mol. The Bertz CT molecular complexity index is 440. The predicted octanol–water partition coefficient (Wildman–Crippen LogP) is 2.50. The van der Waals surface area contributed by atoms with Crippen LogP contribution in [0, 0.1) is 0 Å². The highest BCUT2D eigenvalue weighted by Gasteiger charge is 2.28. The second-order valence-corrected chi connectivity index (χ2v) is 4.05. The van der Waals surface area contributed by atoms with Crippen LogP contribution in [0.15, 0.2) is 47.7 Å². The minimum atomic E-state index is 0.566. The summed E-state index contributed by atoms with van der Waals surface area (Å²) >= 11 is 0. The number of benzene rings is 1. The third kappa shape index (κ3) is 0.955. The fourth-order valence-corrected chi connectivity index (χ4v) is 2.56. The van der Waals surface area contributed by atoms with E-state index < -0.39 is 0 Å². The summed E-state index contributed by atoms with van der Waals surface area (Å²) in [5.41, 5.74) is 11.3. The first-order valence-electron chi connectivity index (χ1n) is 5.09. The molecule has 2 aliphatic rings. The lowest BCUT2D eigenvalue weighted by atomic mass is 9.90. The first-order chi connectivity index (χ1) is 6.86. The Kier molecular flexibility index (Phi) is 1.54. The van der Waals surface area contributed by atoms with Gasteiger partial charge in [-0.2, -0.15) is 0 Å². The van der Waals surface area contributed by atoms with Crippen molar-refractivity contribution in [2.75, 3.05) is 0 Å². The molecule has 0 aliphatic heterocycles. The molecule has 1 nitrogen and oxygen atoms in total. The largest absolute Gasteiger partial charge is 0.399 e. The Balaban J connectivity index is 2.16. The summed E-state index contributed by atoms with van der Waals surface area (Å²) in [6.45, 7) is 0. The number of hydrogen-bond donors (Lipinski definition) is 1. The lowest BCUT2D eigenvalue weighted by molar-refractivity contribution is 0.805. The Morgan fingerprint density at radius 3 is 3.00 bits per heavy atom. The smallest absolute Gasteiger partial charge is 0.0312 e. The fourth-order valence-electron chi connectivity index (χ4n) is 2.56. The van der Waals surface area contributed by atoms with Gasteiger partial charge >= 0.3 is 0 Å². The van der Waals surface area contributed by atoms with E-state index in [-0.39, 0.29) is 0 Å². The molecule has 1 aromatic carbocycles. The molecule has 0 amide bonds.